The molecule has 17 heavy (non-hydrogen) atoms. The van der Waals surface area contributed by atoms with Crippen LogP contribution >= 0.6 is 11.6 Å². The van der Waals surface area contributed by atoms with Gasteiger partial charge in [-0.25, -0.2) is 4.98 Å². The molecule has 0 spiro atoms. The smallest absolute Gasteiger partial charge is 0.223 e. The number of hydrogen-bond acceptors (Lipinski definition) is 5. The second-order valence-electron chi connectivity index (χ2n) is 4.70. The normalized spacial score (nSPS) is 26.2. The van der Waals surface area contributed by atoms with E-state index in [1.54, 1.807) is 6.07 Å². The molecular weight excluding hydrogens is 238 g/mol. The van der Waals surface area contributed by atoms with Crippen molar-refractivity contribution in [3.63, 3.8) is 0 Å². The van der Waals surface area contributed by atoms with Crippen molar-refractivity contribution >= 4 is 23.4 Å². The summed E-state index contributed by atoms with van der Waals surface area (Å²) in [6, 6.07) is 2.65. The van der Waals surface area contributed by atoms with Gasteiger partial charge in [0.15, 0.2) is 0 Å². The Labute approximate surface area is 107 Å². The van der Waals surface area contributed by atoms with E-state index < -0.39 is 0 Å². The summed E-state index contributed by atoms with van der Waals surface area (Å²) in [5.74, 6) is 1.04. The summed E-state index contributed by atoms with van der Waals surface area (Å²) >= 11 is 5.91. The number of hydrogen-bond donors (Lipinski definition) is 1. The molecule has 1 saturated heterocycles. The molecule has 1 aliphatic rings. The highest BCUT2D eigenvalue weighted by molar-refractivity contribution is 6.29. The summed E-state index contributed by atoms with van der Waals surface area (Å²) in [5, 5.41) is 0.395. The first-order valence-corrected chi connectivity index (χ1v) is 6.12. The molecule has 1 aromatic heterocycles. The van der Waals surface area contributed by atoms with Crippen molar-refractivity contribution in [3.05, 3.63) is 11.2 Å². The largest absolute Gasteiger partial charge is 0.368 e. The van der Waals surface area contributed by atoms with Gasteiger partial charge in [0.05, 0.1) is 0 Å². The van der Waals surface area contributed by atoms with E-state index in [9.17, 15) is 0 Å². The van der Waals surface area contributed by atoms with Crippen LogP contribution in [0.4, 0.5) is 11.8 Å². The molecule has 2 atom stereocenters. The van der Waals surface area contributed by atoms with E-state index in [0.29, 0.717) is 17.2 Å². The summed E-state index contributed by atoms with van der Waals surface area (Å²) in [6.45, 7) is 6.30. The Morgan fingerprint density at radius 2 is 2.00 bits per heavy atom. The van der Waals surface area contributed by atoms with Gasteiger partial charge in [0.25, 0.3) is 0 Å². The summed E-state index contributed by atoms with van der Waals surface area (Å²) in [5.41, 5.74) is 5.63. The maximum absolute atomic E-state index is 5.91. The highest BCUT2D eigenvalue weighted by atomic mass is 35.5. The molecule has 1 fully saturated rings. The molecule has 0 aliphatic carbocycles. The highest BCUT2D eigenvalue weighted by Gasteiger charge is 2.27. The Hall–Kier alpha value is -1.07. The first-order valence-electron chi connectivity index (χ1n) is 5.74. The molecule has 5 nitrogen and oxygen atoms in total. The van der Waals surface area contributed by atoms with E-state index in [4.69, 9.17) is 17.3 Å². The zero-order valence-corrected chi connectivity index (χ0v) is 11.1. The Morgan fingerprint density at radius 1 is 1.29 bits per heavy atom. The van der Waals surface area contributed by atoms with E-state index in [2.05, 4.69) is 40.7 Å². The molecule has 2 rings (SSSR count). The number of likely N-dealkylation sites (N-methyl/N-ethyl adjacent to an activating group) is 1. The lowest BCUT2D eigenvalue weighted by Crippen LogP contribution is -2.55. The summed E-state index contributed by atoms with van der Waals surface area (Å²) in [7, 11) is 2.14. The minimum absolute atomic E-state index is 0.228. The molecule has 1 aromatic rings. The molecule has 0 radical (unpaired) electrons. The molecular formula is C11H18ClN5. The molecule has 0 unspecified atom stereocenters. The zero-order chi connectivity index (χ0) is 12.6. The van der Waals surface area contributed by atoms with Crippen molar-refractivity contribution in [3.8, 4) is 0 Å². The van der Waals surface area contributed by atoms with Crippen LogP contribution in [0.15, 0.2) is 6.07 Å². The predicted molar refractivity (Wildman–Crippen MR) is 70.4 cm³/mol. The molecule has 0 aromatic carbocycles. The fourth-order valence-electron chi connectivity index (χ4n) is 2.19. The predicted octanol–water partition coefficient (Wildman–Crippen LogP) is 1.24. The van der Waals surface area contributed by atoms with Crippen molar-refractivity contribution in [2.24, 2.45) is 0 Å². The van der Waals surface area contributed by atoms with E-state index >= 15 is 0 Å². The zero-order valence-electron chi connectivity index (χ0n) is 10.4. The lowest BCUT2D eigenvalue weighted by atomic mass is 10.1. The van der Waals surface area contributed by atoms with Gasteiger partial charge >= 0.3 is 0 Å². The summed E-state index contributed by atoms with van der Waals surface area (Å²) < 4.78 is 0. The average molecular weight is 256 g/mol. The molecule has 2 N–H and O–H groups in total. The van der Waals surface area contributed by atoms with Gasteiger partial charge < -0.3 is 10.6 Å². The molecule has 0 bridgehead atoms. The molecule has 6 heteroatoms. The molecule has 94 valence electrons. The standard InChI is InChI=1S/C11H18ClN5/c1-7-6-17(8(2)5-16(7)3)10-4-9(12)14-11(13)15-10/h4,7-8H,5-6H2,1-3H3,(H2,13,14,15)/t7-,8+/m0/s1. The van der Waals surface area contributed by atoms with Crippen LogP contribution in [0.2, 0.25) is 5.15 Å². The monoisotopic (exact) mass is 255 g/mol. The Kier molecular flexibility index (Phi) is 3.40. The number of halogens is 1. The van der Waals surface area contributed by atoms with E-state index in [-0.39, 0.29) is 5.95 Å². The number of nitrogens with zero attached hydrogens (tertiary/aromatic N) is 4. The van der Waals surface area contributed by atoms with Crippen molar-refractivity contribution in [2.75, 3.05) is 30.8 Å². The fraction of sp³-hybridized carbons (Fsp3) is 0.636. The number of nitrogen functional groups attached to an aromatic ring is 1. The van der Waals surface area contributed by atoms with E-state index in [1.165, 1.54) is 0 Å². The van der Waals surface area contributed by atoms with Crippen LogP contribution in [-0.4, -0.2) is 47.1 Å². The van der Waals surface area contributed by atoms with Crippen molar-refractivity contribution in [2.45, 2.75) is 25.9 Å². The van der Waals surface area contributed by atoms with Crippen LogP contribution in [0.1, 0.15) is 13.8 Å². The second kappa shape index (κ2) is 4.66. The Morgan fingerprint density at radius 3 is 2.65 bits per heavy atom. The van der Waals surface area contributed by atoms with Gasteiger partial charge in [-0.1, -0.05) is 11.6 Å². The van der Waals surface area contributed by atoms with Gasteiger partial charge in [0, 0.05) is 31.2 Å². The van der Waals surface area contributed by atoms with Crippen molar-refractivity contribution in [1.29, 1.82) is 0 Å². The van der Waals surface area contributed by atoms with Gasteiger partial charge in [-0.3, -0.25) is 4.90 Å². The van der Waals surface area contributed by atoms with Gasteiger partial charge in [0.1, 0.15) is 11.0 Å². The Balaban J connectivity index is 2.26. The van der Waals surface area contributed by atoms with Gasteiger partial charge in [-0.05, 0) is 20.9 Å². The second-order valence-corrected chi connectivity index (χ2v) is 5.08. The summed E-state index contributed by atoms with van der Waals surface area (Å²) in [6.07, 6.45) is 0. The van der Waals surface area contributed by atoms with Crippen LogP contribution < -0.4 is 10.6 Å². The number of piperazine rings is 1. The fourth-order valence-corrected chi connectivity index (χ4v) is 2.37. The number of aromatic nitrogens is 2. The topological polar surface area (TPSA) is 58.3 Å². The van der Waals surface area contributed by atoms with Crippen LogP contribution in [0, 0.1) is 0 Å². The number of rotatable bonds is 1. The quantitative estimate of drug-likeness (QED) is 0.766. The van der Waals surface area contributed by atoms with Gasteiger partial charge in [-0.2, -0.15) is 4.98 Å². The van der Waals surface area contributed by atoms with Gasteiger partial charge in [-0.15, -0.1) is 0 Å². The van der Waals surface area contributed by atoms with E-state index in [0.717, 1.165) is 18.9 Å². The molecule has 1 aliphatic heterocycles. The SMILES string of the molecule is C[C@@H]1CN(C)[C@@H](C)CN1c1cc(Cl)nc(N)n1. The van der Waals surface area contributed by atoms with Crippen LogP contribution in [0.5, 0.6) is 0 Å². The van der Waals surface area contributed by atoms with Gasteiger partial charge in [0.2, 0.25) is 5.95 Å². The molecule has 2 heterocycles. The first kappa shape index (κ1) is 12.4. The molecule has 0 saturated carbocycles. The number of anilines is 2. The maximum Gasteiger partial charge on any atom is 0.223 e. The Bertz CT molecular complexity index is 391. The maximum atomic E-state index is 5.91. The van der Waals surface area contributed by atoms with Crippen molar-refractivity contribution in [1.82, 2.24) is 14.9 Å². The average Bonchev–Trinajstić information content (AvgIpc) is 2.22. The number of nitrogens with two attached hydrogens (primary N) is 1. The first-order chi connectivity index (χ1) is 7.97. The minimum atomic E-state index is 0.228. The third-order valence-electron chi connectivity index (χ3n) is 3.29. The highest BCUT2D eigenvalue weighted by Crippen LogP contribution is 2.23. The lowest BCUT2D eigenvalue weighted by molar-refractivity contribution is 0.205. The van der Waals surface area contributed by atoms with Crippen LogP contribution in [0.3, 0.4) is 0 Å². The van der Waals surface area contributed by atoms with Crippen LogP contribution in [-0.2, 0) is 0 Å². The van der Waals surface area contributed by atoms with E-state index in [1.807, 2.05) is 0 Å². The third kappa shape index (κ3) is 2.61. The minimum Gasteiger partial charge on any atom is -0.368 e. The van der Waals surface area contributed by atoms with Crippen LogP contribution in [0.25, 0.3) is 0 Å². The molecule has 0 amide bonds. The summed E-state index contributed by atoms with van der Waals surface area (Å²) in [4.78, 5) is 12.7. The third-order valence-corrected chi connectivity index (χ3v) is 3.48. The lowest BCUT2D eigenvalue weighted by Gasteiger charge is -2.43. The van der Waals surface area contributed by atoms with Crippen molar-refractivity contribution < 1.29 is 0 Å².